The van der Waals surface area contributed by atoms with Crippen molar-refractivity contribution in [2.24, 2.45) is 5.73 Å². The Morgan fingerprint density at radius 3 is 2.83 bits per heavy atom. The van der Waals surface area contributed by atoms with E-state index in [0.29, 0.717) is 5.56 Å². The number of rotatable bonds is 3. The summed E-state index contributed by atoms with van der Waals surface area (Å²) in [6.07, 6.45) is 1.51. The van der Waals surface area contributed by atoms with Gasteiger partial charge in [-0.15, -0.1) is 0 Å². The lowest BCUT2D eigenvalue weighted by atomic mass is 10.2. The molecule has 2 aromatic rings. The van der Waals surface area contributed by atoms with Crippen LogP contribution in [0.1, 0.15) is 11.1 Å². The second kappa shape index (κ2) is 5.10. The Morgan fingerprint density at radius 2 is 2.11 bits per heavy atom. The van der Waals surface area contributed by atoms with Gasteiger partial charge in [-0.3, -0.25) is 0 Å². The normalized spacial score (nSPS) is 10.1. The van der Waals surface area contributed by atoms with Crippen molar-refractivity contribution in [3.05, 3.63) is 53.5 Å². The van der Waals surface area contributed by atoms with Crippen LogP contribution in [0.4, 0.5) is 4.39 Å². The summed E-state index contributed by atoms with van der Waals surface area (Å²) >= 11 is 4.85. The number of thiocarbonyl (C=S) groups is 1. The Morgan fingerprint density at radius 1 is 1.33 bits per heavy atom. The number of halogens is 1. The van der Waals surface area contributed by atoms with Crippen LogP contribution < -0.4 is 10.5 Å². The first-order valence-electron chi connectivity index (χ1n) is 5.26. The van der Waals surface area contributed by atoms with Gasteiger partial charge in [-0.2, -0.15) is 0 Å². The third-order valence-corrected chi connectivity index (χ3v) is 2.56. The van der Waals surface area contributed by atoms with Gasteiger partial charge in [-0.05, 0) is 30.7 Å². The summed E-state index contributed by atoms with van der Waals surface area (Å²) in [4.78, 5) is 4.23. The molecule has 0 radical (unpaired) electrons. The van der Waals surface area contributed by atoms with Gasteiger partial charge in [-0.1, -0.05) is 18.3 Å². The minimum atomic E-state index is -0.442. The number of aryl methyl sites for hydroxylation is 1. The SMILES string of the molecule is Cc1ccc(F)c(Oc2cc(C(N)=S)ccn2)c1. The van der Waals surface area contributed by atoms with Crippen molar-refractivity contribution in [1.29, 1.82) is 0 Å². The fraction of sp³-hybridized carbons (Fsp3) is 0.0769. The number of aromatic nitrogens is 1. The van der Waals surface area contributed by atoms with Crippen molar-refractivity contribution in [3.63, 3.8) is 0 Å². The third kappa shape index (κ3) is 2.81. The van der Waals surface area contributed by atoms with E-state index in [1.165, 1.54) is 12.3 Å². The summed E-state index contributed by atoms with van der Waals surface area (Å²) in [5, 5.41) is 0. The maximum Gasteiger partial charge on any atom is 0.220 e. The van der Waals surface area contributed by atoms with Gasteiger partial charge in [0.05, 0.1) is 0 Å². The van der Waals surface area contributed by atoms with Gasteiger partial charge in [0.1, 0.15) is 4.99 Å². The van der Waals surface area contributed by atoms with Crippen LogP contribution in [-0.2, 0) is 0 Å². The number of hydrogen-bond acceptors (Lipinski definition) is 3. The second-order valence-electron chi connectivity index (χ2n) is 3.78. The lowest BCUT2D eigenvalue weighted by Crippen LogP contribution is -2.09. The molecule has 3 nitrogen and oxygen atoms in total. The Labute approximate surface area is 109 Å². The lowest BCUT2D eigenvalue weighted by Gasteiger charge is -2.07. The molecule has 18 heavy (non-hydrogen) atoms. The molecule has 0 spiro atoms. The van der Waals surface area contributed by atoms with Gasteiger partial charge in [-0.25, -0.2) is 9.37 Å². The molecule has 1 heterocycles. The summed E-state index contributed by atoms with van der Waals surface area (Å²) in [5.41, 5.74) is 7.03. The highest BCUT2D eigenvalue weighted by Gasteiger charge is 2.07. The monoisotopic (exact) mass is 262 g/mol. The van der Waals surface area contributed by atoms with E-state index in [1.807, 2.05) is 6.92 Å². The predicted molar refractivity (Wildman–Crippen MR) is 71.3 cm³/mol. The predicted octanol–water partition coefficient (Wildman–Crippen LogP) is 2.96. The zero-order valence-electron chi connectivity index (χ0n) is 9.68. The molecule has 1 aromatic heterocycles. The molecule has 0 unspecified atom stereocenters. The third-order valence-electron chi connectivity index (χ3n) is 2.32. The highest BCUT2D eigenvalue weighted by Crippen LogP contribution is 2.24. The molecule has 5 heteroatoms. The maximum atomic E-state index is 13.5. The molecular weight excluding hydrogens is 251 g/mol. The van der Waals surface area contributed by atoms with E-state index in [0.717, 1.165) is 5.56 Å². The Bertz CT molecular complexity index is 601. The van der Waals surface area contributed by atoms with Crippen LogP contribution in [0.3, 0.4) is 0 Å². The Hall–Kier alpha value is -2.01. The van der Waals surface area contributed by atoms with Gasteiger partial charge >= 0.3 is 0 Å². The van der Waals surface area contributed by atoms with E-state index in [-0.39, 0.29) is 16.6 Å². The molecule has 2 N–H and O–H groups in total. The average molecular weight is 262 g/mol. The molecule has 0 amide bonds. The van der Waals surface area contributed by atoms with Crippen molar-refractivity contribution in [2.75, 3.05) is 0 Å². The molecule has 92 valence electrons. The largest absolute Gasteiger partial charge is 0.436 e. The number of benzene rings is 1. The fourth-order valence-corrected chi connectivity index (χ4v) is 1.55. The van der Waals surface area contributed by atoms with Crippen molar-refractivity contribution in [1.82, 2.24) is 4.98 Å². The van der Waals surface area contributed by atoms with Gasteiger partial charge in [0.15, 0.2) is 11.6 Å². The van der Waals surface area contributed by atoms with Crippen LogP contribution >= 0.6 is 12.2 Å². The number of nitrogens with zero attached hydrogens (tertiary/aromatic N) is 1. The molecule has 0 atom stereocenters. The first-order valence-corrected chi connectivity index (χ1v) is 5.67. The standard InChI is InChI=1S/C13H11FN2OS/c1-8-2-3-10(14)11(6-8)17-12-7-9(13(15)18)4-5-16-12/h2-7H,1H3,(H2,15,18). The molecule has 0 saturated carbocycles. The van der Waals surface area contributed by atoms with E-state index in [1.54, 1.807) is 24.3 Å². The zero-order chi connectivity index (χ0) is 13.1. The number of pyridine rings is 1. The number of nitrogens with two attached hydrogens (primary N) is 1. The van der Waals surface area contributed by atoms with Crippen molar-refractivity contribution in [3.8, 4) is 11.6 Å². The van der Waals surface area contributed by atoms with Crippen molar-refractivity contribution >= 4 is 17.2 Å². The molecular formula is C13H11FN2OS. The second-order valence-corrected chi connectivity index (χ2v) is 4.22. The Balaban J connectivity index is 2.31. The average Bonchev–Trinajstić information content (AvgIpc) is 2.34. The van der Waals surface area contributed by atoms with E-state index in [2.05, 4.69) is 4.98 Å². The summed E-state index contributed by atoms with van der Waals surface area (Å²) in [7, 11) is 0. The van der Waals surface area contributed by atoms with Gasteiger partial charge in [0.25, 0.3) is 0 Å². The topological polar surface area (TPSA) is 48.1 Å². The summed E-state index contributed by atoms with van der Waals surface area (Å²) in [6, 6.07) is 7.86. The lowest BCUT2D eigenvalue weighted by molar-refractivity contribution is 0.427. The molecule has 0 saturated heterocycles. The molecule has 0 aliphatic heterocycles. The minimum Gasteiger partial charge on any atom is -0.436 e. The molecule has 0 bridgehead atoms. The highest BCUT2D eigenvalue weighted by molar-refractivity contribution is 7.80. The molecule has 1 aromatic carbocycles. The van der Waals surface area contributed by atoms with Gasteiger partial charge in [0.2, 0.25) is 5.88 Å². The summed E-state index contributed by atoms with van der Waals surface area (Å²) < 4.78 is 18.9. The van der Waals surface area contributed by atoms with Crippen LogP contribution in [0.5, 0.6) is 11.6 Å². The Kier molecular flexibility index (Phi) is 3.53. The van der Waals surface area contributed by atoms with Crippen LogP contribution in [0.15, 0.2) is 36.5 Å². The highest BCUT2D eigenvalue weighted by atomic mass is 32.1. The van der Waals surface area contributed by atoms with E-state index >= 15 is 0 Å². The summed E-state index contributed by atoms with van der Waals surface area (Å²) in [5.74, 6) is -0.0597. The first kappa shape index (κ1) is 12.4. The summed E-state index contributed by atoms with van der Waals surface area (Å²) in [6.45, 7) is 1.85. The molecule has 2 rings (SSSR count). The van der Waals surface area contributed by atoms with Crippen molar-refractivity contribution in [2.45, 2.75) is 6.92 Å². The van der Waals surface area contributed by atoms with Crippen molar-refractivity contribution < 1.29 is 9.13 Å². The smallest absolute Gasteiger partial charge is 0.220 e. The maximum absolute atomic E-state index is 13.5. The van der Waals surface area contributed by atoms with Crippen LogP contribution in [-0.4, -0.2) is 9.97 Å². The van der Waals surface area contributed by atoms with Crippen LogP contribution in [0.2, 0.25) is 0 Å². The number of hydrogen-bond donors (Lipinski definition) is 1. The number of ether oxygens (including phenoxy) is 1. The van der Waals surface area contributed by atoms with Gasteiger partial charge in [0, 0.05) is 17.8 Å². The first-order chi connectivity index (χ1) is 8.56. The van der Waals surface area contributed by atoms with E-state index in [4.69, 9.17) is 22.7 Å². The quantitative estimate of drug-likeness (QED) is 0.864. The molecule has 0 fully saturated rings. The molecule has 0 aliphatic carbocycles. The zero-order valence-corrected chi connectivity index (χ0v) is 10.5. The molecule has 0 aliphatic rings. The fourth-order valence-electron chi connectivity index (χ4n) is 1.42. The van der Waals surface area contributed by atoms with E-state index < -0.39 is 5.82 Å². The van der Waals surface area contributed by atoms with Crippen LogP contribution in [0, 0.1) is 12.7 Å². The minimum absolute atomic E-state index is 0.127. The van der Waals surface area contributed by atoms with Crippen LogP contribution in [0.25, 0.3) is 0 Å². The van der Waals surface area contributed by atoms with E-state index in [9.17, 15) is 4.39 Å². The van der Waals surface area contributed by atoms with Gasteiger partial charge < -0.3 is 10.5 Å².